The molecule has 2 heterocycles. The summed E-state index contributed by atoms with van der Waals surface area (Å²) >= 11 is 0. The lowest BCUT2D eigenvalue weighted by atomic mass is 10.1. The summed E-state index contributed by atoms with van der Waals surface area (Å²) in [5, 5.41) is 14.2. The molecule has 0 saturated heterocycles. The Balaban J connectivity index is 1.54. The summed E-state index contributed by atoms with van der Waals surface area (Å²) in [6, 6.07) is 8.14. The number of benzene rings is 2. The van der Waals surface area contributed by atoms with E-state index in [0.717, 1.165) is 23.2 Å². The van der Waals surface area contributed by atoms with Crippen LogP contribution in [0, 0.1) is 12.7 Å². The molecule has 2 N–H and O–H groups in total. The monoisotopic (exact) mass is 545 g/mol. The van der Waals surface area contributed by atoms with Crippen LogP contribution in [-0.2, 0) is 29.2 Å². The predicted molar refractivity (Wildman–Crippen MR) is 143 cm³/mol. The Labute approximate surface area is 225 Å². The Kier molecular flexibility index (Phi) is 9.08. The number of hydrogen-bond donors (Lipinski definition) is 2. The fraction of sp³-hybridized carbons (Fsp3) is 0.444. The minimum Gasteiger partial charge on any atom is -0.353 e. The molecular weight excluding hydrogens is 511 g/mol. The number of nitrogens with one attached hydrogen (secondary N) is 2. The van der Waals surface area contributed by atoms with Gasteiger partial charge >= 0.3 is 0 Å². The van der Waals surface area contributed by atoms with E-state index >= 15 is 0 Å². The maximum absolute atomic E-state index is 13.7. The van der Waals surface area contributed by atoms with Gasteiger partial charge in [0, 0.05) is 50.5 Å². The highest BCUT2D eigenvalue weighted by Gasteiger charge is 2.27. The Morgan fingerprint density at radius 1 is 1.10 bits per heavy atom. The molecule has 1 aliphatic heterocycles. The van der Waals surface area contributed by atoms with Crippen molar-refractivity contribution < 1.29 is 22.8 Å². The number of nitrogens with zero attached hydrogens (tertiary/aromatic N) is 5. The van der Waals surface area contributed by atoms with Crippen LogP contribution in [0.1, 0.15) is 23.6 Å². The molecule has 1 aromatic heterocycles. The fourth-order valence-electron chi connectivity index (χ4n) is 4.69. The molecule has 0 bridgehead atoms. The van der Waals surface area contributed by atoms with Crippen molar-refractivity contribution in [3.8, 4) is 0 Å². The van der Waals surface area contributed by atoms with Crippen molar-refractivity contribution in [1.82, 2.24) is 30.4 Å². The van der Waals surface area contributed by atoms with Gasteiger partial charge in [0.05, 0.1) is 18.6 Å². The highest BCUT2D eigenvalue weighted by molar-refractivity contribution is 5.90. The van der Waals surface area contributed by atoms with Gasteiger partial charge in [-0.3, -0.25) is 19.3 Å². The van der Waals surface area contributed by atoms with Crippen LogP contribution in [0.2, 0.25) is 0 Å². The number of aromatic nitrogens is 2. The summed E-state index contributed by atoms with van der Waals surface area (Å²) < 4.78 is 40.7. The van der Waals surface area contributed by atoms with Crippen molar-refractivity contribution in [1.29, 1.82) is 0 Å². The maximum Gasteiger partial charge on any atom is 0.257 e. The standard InChI is InChI=1S/C27H34F3N7O2/c1-4-31-7-8-32-26(38)16-35(24-11-21-12-36(15-25(29)30)33-23(21)9-18(24)2)17-27(39)34(3)37-13-19-5-6-22(28)10-20(19)14-37/h5-6,9-12,25,31H,4,7-8,13-17H2,1-3H3,(H,32,38). The fourth-order valence-corrected chi connectivity index (χ4v) is 4.69. The molecule has 0 radical (unpaired) electrons. The van der Waals surface area contributed by atoms with Gasteiger partial charge in [-0.1, -0.05) is 13.0 Å². The van der Waals surface area contributed by atoms with E-state index < -0.39 is 13.0 Å². The second-order valence-corrected chi connectivity index (χ2v) is 9.65. The second kappa shape index (κ2) is 12.5. The van der Waals surface area contributed by atoms with Gasteiger partial charge < -0.3 is 15.5 Å². The molecular formula is C27H34F3N7O2. The van der Waals surface area contributed by atoms with E-state index in [1.54, 1.807) is 30.1 Å². The van der Waals surface area contributed by atoms with Gasteiger partial charge in [0.25, 0.3) is 12.3 Å². The zero-order valence-corrected chi connectivity index (χ0v) is 22.4. The van der Waals surface area contributed by atoms with Crippen LogP contribution in [0.5, 0.6) is 0 Å². The molecule has 0 fully saturated rings. The number of halogens is 3. The number of carbonyl (C=O) groups excluding carboxylic acids is 2. The third kappa shape index (κ3) is 7.07. The summed E-state index contributed by atoms with van der Waals surface area (Å²) in [5.41, 5.74) is 3.72. The van der Waals surface area contributed by atoms with E-state index in [1.165, 1.54) is 28.0 Å². The van der Waals surface area contributed by atoms with Crippen molar-refractivity contribution in [2.45, 2.75) is 39.9 Å². The highest BCUT2D eigenvalue weighted by Crippen LogP contribution is 2.28. The Bertz CT molecular complexity index is 1330. The minimum absolute atomic E-state index is 0.0747. The van der Waals surface area contributed by atoms with Crippen LogP contribution in [0.3, 0.4) is 0 Å². The summed E-state index contributed by atoms with van der Waals surface area (Å²) in [4.78, 5) is 28.0. The van der Waals surface area contributed by atoms with Gasteiger partial charge in [-0.05, 0) is 54.4 Å². The van der Waals surface area contributed by atoms with Crippen LogP contribution >= 0.6 is 0 Å². The van der Waals surface area contributed by atoms with Gasteiger partial charge in [-0.25, -0.2) is 18.2 Å². The molecule has 0 atom stereocenters. The third-order valence-corrected chi connectivity index (χ3v) is 6.73. The number of amides is 2. The third-order valence-electron chi connectivity index (χ3n) is 6.73. The number of hydrazine groups is 1. The smallest absolute Gasteiger partial charge is 0.257 e. The Hall–Kier alpha value is -3.64. The van der Waals surface area contributed by atoms with Crippen LogP contribution in [0.4, 0.5) is 18.9 Å². The van der Waals surface area contributed by atoms with Crippen molar-refractivity contribution in [2.24, 2.45) is 0 Å². The molecule has 0 spiro atoms. The van der Waals surface area contributed by atoms with Crippen molar-refractivity contribution in [2.75, 3.05) is 44.7 Å². The van der Waals surface area contributed by atoms with Crippen LogP contribution in [-0.4, -0.2) is 77.8 Å². The molecule has 2 aromatic carbocycles. The van der Waals surface area contributed by atoms with E-state index in [2.05, 4.69) is 15.7 Å². The molecule has 0 unspecified atom stereocenters. The molecule has 39 heavy (non-hydrogen) atoms. The quantitative estimate of drug-likeness (QED) is 0.341. The predicted octanol–water partition coefficient (Wildman–Crippen LogP) is 2.67. The normalized spacial score (nSPS) is 13.2. The van der Waals surface area contributed by atoms with Gasteiger partial charge in [0.2, 0.25) is 5.91 Å². The average molecular weight is 546 g/mol. The molecule has 4 rings (SSSR count). The van der Waals surface area contributed by atoms with Gasteiger partial charge in [0.1, 0.15) is 12.4 Å². The van der Waals surface area contributed by atoms with E-state index in [9.17, 15) is 22.8 Å². The summed E-state index contributed by atoms with van der Waals surface area (Å²) in [5.74, 6) is -0.824. The van der Waals surface area contributed by atoms with E-state index in [-0.39, 0.29) is 30.7 Å². The first-order valence-corrected chi connectivity index (χ1v) is 12.9. The molecule has 12 heteroatoms. The highest BCUT2D eigenvalue weighted by atomic mass is 19.3. The minimum atomic E-state index is -2.54. The lowest BCUT2D eigenvalue weighted by Gasteiger charge is -2.32. The molecule has 0 saturated carbocycles. The number of hydrogen-bond acceptors (Lipinski definition) is 6. The number of alkyl halides is 2. The maximum atomic E-state index is 13.7. The summed E-state index contributed by atoms with van der Waals surface area (Å²) in [6.07, 6.45) is -1.00. The van der Waals surface area contributed by atoms with Gasteiger partial charge in [-0.15, -0.1) is 0 Å². The number of fused-ring (bicyclic) bond motifs is 2. The first kappa shape index (κ1) is 28.4. The molecule has 3 aromatic rings. The lowest BCUT2D eigenvalue weighted by molar-refractivity contribution is -0.145. The Morgan fingerprint density at radius 3 is 2.62 bits per heavy atom. The zero-order valence-electron chi connectivity index (χ0n) is 22.4. The van der Waals surface area contributed by atoms with Crippen LogP contribution in [0.15, 0.2) is 36.5 Å². The lowest BCUT2D eigenvalue weighted by Crippen LogP contribution is -2.48. The largest absolute Gasteiger partial charge is 0.353 e. The molecule has 2 amide bonds. The number of likely N-dealkylation sites (N-methyl/N-ethyl adjacent to an activating group) is 2. The van der Waals surface area contributed by atoms with E-state index in [1.807, 2.05) is 18.9 Å². The first-order valence-electron chi connectivity index (χ1n) is 12.9. The number of rotatable bonds is 12. The van der Waals surface area contributed by atoms with Crippen LogP contribution in [0.25, 0.3) is 10.9 Å². The second-order valence-electron chi connectivity index (χ2n) is 9.65. The number of anilines is 1. The zero-order chi connectivity index (χ0) is 28.1. The summed E-state index contributed by atoms with van der Waals surface area (Å²) in [7, 11) is 1.66. The van der Waals surface area contributed by atoms with Crippen molar-refractivity contribution >= 4 is 28.4 Å². The molecule has 0 aliphatic carbocycles. The topological polar surface area (TPSA) is 85.7 Å². The van der Waals surface area contributed by atoms with E-state index in [0.29, 0.717) is 42.8 Å². The van der Waals surface area contributed by atoms with Gasteiger partial charge in [-0.2, -0.15) is 5.10 Å². The first-order chi connectivity index (χ1) is 18.6. The SMILES string of the molecule is CCNCCNC(=O)CN(CC(=O)N(C)N1Cc2ccc(F)cc2C1)c1cc2cn(CC(F)F)nc2cc1C. The average Bonchev–Trinajstić information content (AvgIpc) is 3.47. The van der Waals surface area contributed by atoms with Crippen LogP contribution < -0.4 is 15.5 Å². The van der Waals surface area contributed by atoms with Crippen molar-refractivity contribution in [3.63, 3.8) is 0 Å². The molecule has 9 nitrogen and oxygen atoms in total. The number of aryl methyl sites for hydroxylation is 1. The molecule has 210 valence electrons. The Morgan fingerprint density at radius 2 is 1.87 bits per heavy atom. The number of carbonyl (C=O) groups is 2. The van der Waals surface area contributed by atoms with Gasteiger partial charge in [0.15, 0.2) is 0 Å². The molecule has 1 aliphatic rings. The van der Waals surface area contributed by atoms with Crippen molar-refractivity contribution in [3.05, 3.63) is 59.0 Å². The van der Waals surface area contributed by atoms with E-state index in [4.69, 9.17) is 0 Å². The summed E-state index contributed by atoms with van der Waals surface area (Å²) in [6.45, 7) is 5.82.